The van der Waals surface area contributed by atoms with Crippen molar-refractivity contribution in [1.29, 1.82) is 0 Å². The van der Waals surface area contributed by atoms with Gasteiger partial charge in [-0.2, -0.15) is 0 Å². The second-order valence-corrected chi connectivity index (χ2v) is 3.93. The number of nitrogens with zero attached hydrogens (tertiary/aromatic N) is 2. The molecule has 0 aliphatic carbocycles. The zero-order chi connectivity index (χ0) is 12.1. The van der Waals surface area contributed by atoms with Crippen molar-refractivity contribution in [3.63, 3.8) is 0 Å². The Bertz CT molecular complexity index is 496. The van der Waals surface area contributed by atoms with Gasteiger partial charge in [0.15, 0.2) is 0 Å². The van der Waals surface area contributed by atoms with Crippen LogP contribution >= 0.6 is 0 Å². The van der Waals surface area contributed by atoms with E-state index in [1.165, 1.54) is 11.1 Å². The molecule has 0 bridgehead atoms. The van der Waals surface area contributed by atoms with E-state index in [0.717, 1.165) is 12.4 Å². The topological polar surface area (TPSA) is 63.8 Å². The highest BCUT2D eigenvalue weighted by Gasteiger charge is 1.99. The normalized spacial score (nSPS) is 10.4. The maximum Gasteiger partial charge on any atom is 0.144 e. The van der Waals surface area contributed by atoms with E-state index in [4.69, 9.17) is 5.73 Å². The molecule has 0 saturated heterocycles. The van der Waals surface area contributed by atoms with E-state index in [0.29, 0.717) is 12.4 Å². The van der Waals surface area contributed by atoms with Gasteiger partial charge in [-0.15, -0.1) is 0 Å². The smallest absolute Gasteiger partial charge is 0.144 e. The van der Waals surface area contributed by atoms with Crippen molar-refractivity contribution in [2.45, 2.75) is 20.0 Å². The second kappa shape index (κ2) is 5.41. The summed E-state index contributed by atoms with van der Waals surface area (Å²) in [6.07, 6.45) is 1.67. The molecule has 0 fully saturated rings. The zero-order valence-electron chi connectivity index (χ0n) is 9.85. The highest BCUT2D eigenvalue weighted by molar-refractivity contribution is 5.26. The molecule has 4 nitrogen and oxygen atoms in total. The summed E-state index contributed by atoms with van der Waals surface area (Å²) in [4.78, 5) is 8.27. The van der Waals surface area contributed by atoms with Crippen LogP contribution in [0.15, 0.2) is 36.5 Å². The van der Waals surface area contributed by atoms with Gasteiger partial charge in [0.05, 0.1) is 6.54 Å². The monoisotopic (exact) mass is 228 g/mol. The third kappa shape index (κ3) is 3.26. The number of nitrogen functional groups attached to an aromatic ring is 1. The van der Waals surface area contributed by atoms with Gasteiger partial charge in [-0.3, -0.25) is 0 Å². The molecule has 1 aromatic carbocycles. The van der Waals surface area contributed by atoms with E-state index in [1.54, 1.807) is 12.3 Å². The fourth-order valence-electron chi connectivity index (χ4n) is 1.62. The maximum absolute atomic E-state index is 5.59. The fraction of sp³-hybridized carbons (Fsp3) is 0.231. The van der Waals surface area contributed by atoms with Crippen LogP contribution in [0.3, 0.4) is 0 Å². The third-order valence-electron chi connectivity index (χ3n) is 2.59. The van der Waals surface area contributed by atoms with E-state index in [-0.39, 0.29) is 0 Å². The molecular weight excluding hydrogens is 212 g/mol. The van der Waals surface area contributed by atoms with Crippen molar-refractivity contribution in [3.8, 4) is 0 Å². The number of hydrogen-bond donors (Lipinski definition) is 2. The van der Waals surface area contributed by atoms with Crippen molar-refractivity contribution < 1.29 is 0 Å². The largest absolute Gasteiger partial charge is 0.384 e. The number of nitrogens with one attached hydrogen (secondary N) is 1. The Labute approximate surface area is 101 Å². The van der Waals surface area contributed by atoms with E-state index in [2.05, 4.69) is 34.3 Å². The van der Waals surface area contributed by atoms with Crippen molar-refractivity contribution in [3.05, 3.63) is 53.5 Å². The van der Waals surface area contributed by atoms with Crippen LogP contribution in [0.1, 0.15) is 17.0 Å². The summed E-state index contributed by atoms with van der Waals surface area (Å²) in [5.74, 6) is 1.23. The molecular formula is C13H16N4. The highest BCUT2D eigenvalue weighted by atomic mass is 15.0. The Balaban J connectivity index is 1.90. The molecule has 3 N–H and O–H groups in total. The molecule has 0 saturated carbocycles. The lowest BCUT2D eigenvalue weighted by Crippen LogP contribution is -2.15. The number of nitrogens with two attached hydrogens (primary N) is 1. The van der Waals surface area contributed by atoms with E-state index >= 15 is 0 Å². The lowest BCUT2D eigenvalue weighted by molar-refractivity contribution is 0.661. The van der Waals surface area contributed by atoms with Gasteiger partial charge in [-0.05, 0) is 24.1 Å². The maximum atomic E-state index is 5.59. The first kappa shape index (κ1) is 11.5. The SMILES string of the molecule is Cc1ccccc1CNCc1nccc(N)n1. The molecule has 2 aromatic rings. The van der Waals surface area contributed by atoms with Crippen LogP contribution in [0, 0.1) is 6.92 Å². The predicted octanol–water partition coefficient (Wildman–Crippen LogP) is 1.66. The van der Waals surface area contributed by atoms with Crippen molar-refractivity contribution >= 4 is 5.82 Å². The minimum atomic E-state index is 0.507. The first-order chi connectivity index (χ1) is 8.25. The van der Waals surface area contributed by atoms with E-state index in [1.807, 2.05) is 12.1 Å². The van der Waals surface area contributed by atoms with Crippen LogP contribution in [0.5, 0.6) is 0 Å². The van der Waals surface area contributed by atoms with Gasteiger partial charge in [0, 0.05) is 12.7 Å². The molecule has 0 spiro atoms. The second-order valence-electron chi connectivity index (χ2n) is 3.93. The van der Waals surface area contributed by atoms with Crippen molar-refractivity contribution in [2.24, 2.45) is 0 Å². The molecule has 1 heterocycles. The van der Waals surface area contributed by atoms with E-state index in [9.17, 15) is 0 Å². The molecule has 17 heavy (non-hydrogen) atoms. The van der Waals surface area contributed by atoms with Crippen molar-refractivity contribution in [2.75, 3.05) is 5.73 Å². The molecule has 0 radical (unpaired) electrons. The number of anilines is 1. The predicted molar refractivity (Wildman–Crippen MR) is 68.2 cm³/mol. The summed E-state index contributed by atoms with van der Waals surface area (Å²) >= 11 is 0. The number of rotatable bonds is 4. The van der Waals surface area contributed by atoms with E-state index < -0.39 is 0 Å². The minimum absolute atomic E-state index is 0.507. The molecule has 0 aliphatic rings. The first-order valence-electron chi connectivity index (χ1n) is 5.58. The van der Waals surface area contributed by atoms with Crippen LogP contribution in [0.4, 0.5) is 5.82 Å². The molecule has 0 aliphatic heterocycles. The van der Waals surface area contributed by atoms with Crippen LogP contribution in [0.2, 0.25) is 0 Å². The lowest BCUT2D eigenvalue weighted by atomic mass is 10.1. The van der Waals surface area contributed by atoms with Crippen LogP contribution in [-0.2, 0) is 13.1 Å². The Hall–Kier alpha value is -1.94. The minimum Gasteiger partial charge on any atom is -0.384 e. The number of benzene rings is 1. The molecule has 88 valence electrons. The van der Waals surface area contributed by atoms with Crippen LogP contribution in [0.25, 0.3) is 0 Å². The molecule has 2 rings (SSSR count). The molecule has 1 aromatic heterocycles. The Morgan fingerprint density at radius 3 is 2.76 bits per heavy atom. The molecule has 4 heteroatoms. The van der Waals surface area contributed by atoms with Crippen LogP contribution in [-0.4, -0.2) is 9.97 Å². The van der Waals surface area contributed by atoms with Gasteiger partial charge in [0.1, 0.15) is 11.6 Å². The zero-order valence-corrected chi connectivity index (χ0v) is 9.85. The molecule has 0 amide bonds. The Morgan fingerprint density at radius 1 is 1.18 bits per heavy atom. The summed E-state index contributed by atoms with van der Waals surface area (Å²) in [5.41, 5.74) is 8.16. The summed E-state index contributed by atoms with van der Waals surface area (Å²) in [6.45, 7) is 3.54. The van der Waals surface area contributed by atoms with Gasteiger partial charge in [-0.25, -0.2) is 9.97 Å². The van der Waals surface area contributed by atoms with Gasteiger partial charge in [-0.1, -0.05) is 24.3 Å². The summed E-state index contributed by atoms with van der Waals surface area (Å²) in [7, 11) is 0. The summed E-state index contributed by atoms with van der Waals surface area (Å²) in [5, 5.41) is 3.31. The number of hydrogen-bond acceptors (Lipinski definition) is 4. The average Bonchev–Trinajstić information content (AvgIpc) is 2.32. The van der Waals surface area contributed by atoms with Gasteiger partial charge in [0.25, 0.3) is 0 Å². The molecule has 0 atom stereocenters. The highest BCUT2D eigenvalue weighted by Crippen LogP contribution is 2.06. The van der Waals surface area contributed by atoms with Crippen molar-refractivity contribution in [1.82, 2.24) is 15.3 Å². The Morgan fingerprint density at radius 2 is 2.00 bits per heavy atom. The molecule has 0 unspecified atom stereocenters. The van der Waals surface area contributed by atoms with Gasteiger partial charge in [0.2, 0.25) is 0 Å². The standard InChI is InChI=1S/C13H16N4/c1-10-4-2-3-5-11(10)8-15-9-13-16-7-6-12(14)17-13/h2-7,15H,8-9H2,1H3,(H2,14,16,17). The van der Waals surface area contributed by atoms with Gasteiger partial charge >= 0.3 is 0 Å². The number of aryl methyl sites for hydroxylation is 1. The first-order valence-corrected chi connectivity index (χ1v) is 5.58. The van der Waals surface area contributed by atoms with Crippen LogP contribution < -0.4 is 11.1 Å². The quantitative estimate of drug-likeness (QED) is 0.835. The fourth-order valence-corrected chi connectivity index (χ4v) is 1.62. The average molecular weight is 228 g/mol. The summed E-state index contributed by atoms with van der Waals surface area (Å²) in [6, 6.07) is 9.99. The number of aromatic nitrogens is 2. The summed E-state index contributed by atoms with van der Waals surface area (Å²) < 4.78 is 0. The lowest BCUT2D eigenvalue weighted by Gasteiger charge is -2.07. The Kier molecular flexibility index (Phi) is 3.67. The van der Waals surface area contributed by atoms with Gasteiger partial charge < -0.3 is 11.1 Å². The third-order valence-corrected chi connectivity index (χ3v) is 2.59.